The molecule has 0 aromatic carbocycles. The molecule has 466 valence electrons. The summed E-state index contributed by atoms with van der Waals surface area (Å²) in [6, 6.07) is 0. The average molecular weight is 1110 g/mol. The highest BCUT2D eigenvalue weighted by atomic mass is 16.6. The molecule has 0 rings (SSSR count). The lowest BCUT2D eigenvalue weighted by Crippen LogP contribution is -2.30. The molecule has 0 radical (unpaired) electrons. The zero-order valence-electron chi connectivity index (χ0n) is 53.7. The Balaban J connectivity index is 3.97. The van der Waals surface area contributed by atoms with Gasteiger partial charge in [0.25, 0.3) is 0 Å². The summed E-state index contributed by atoms with van der Waals surface area (Å²) in [6.45, 7) is 6.68. The number of ether oxygens (including phenoxy) is 3. The highest BCUT2D eigenvalue weighted by Crippen LogP contribution is 2.19. The van der Waals surface area contributed by atoms with E-state index in [-0.39, 0.29) is 31.1 Å². The first kappa shape index (κ1) is 76.9. The minimum absolute atomic E-state index is 0.0630. The molecule has 0 aliphatic heterocycles. The minimum atomic E-state index is -0.764. The number of rotatable bonds is 67. The molecule has 6 nitrogen and oxygen atoms in total. The third-order valence-corrected chi connectivity index (χ3v) is 16.5. The summed E-state index contributed by atoms with van der Waals surface area (Å²) in [4.78, 5) is 38.2. The van der Waals surface area contributed by atoms with Gasteiger partial charge in [0.05, 0.1) is 0 Å². The van der Waals surface area contributed by atoms with Gasteiger partial charge in [0, 0.05) is 19.3 Å². The molecule has 1 atom stereocenters. The van der Waals surface area contributed by atoms with Crippen molar-refractivity contribution in [2.24, 2.45) is 0 Å². The fourth-order valence-electron chi connectivity index (χ4n) is 11.1. The molecule has 0 heterocycles. The van der Waals surface area contributed by atoms with E-state index in [9.17, 15) is 14.4 Å². The van der Waals surface area contributed by atoms with Crippen molar-refractivity contribution in [2.75, 3.05) is 13.2 Å². The average Bonchev–Trinajstić information content (AvgIpc) is 3.45. The molecule has 1 unspecified atom stereocenters. The first-order valence-electron chi connectivity index (χ1n) is 35.8. The summed E-state index contributed by atoms with van der Waals surface area (Å²) in [7, 11) is 0. The van der Waals surface area contributed by atoms with Crippen molar-refractivity contribution in [1.82, 2.24) is 0 Å². The van der Waals surface area contributed by atoms with Crippen molar-refractivity contribution < 1.29 is 28.6 Å². The molecular weight excluding hydrogens is 973 g/mol. The Bertz CT molecular complexity index is 1270. The Hall–Kier alpha value is -2.11. The van der Waals surface area contributed by atoms with E-state index in [4.69, 9.17) is 14.2 Å². The summed E-state index contributed by atoms with van der Waals surface area (Å²) in [5, 5.41) is 0. The van der Waals surface area contributed by atoms with E-state index in [0.29, 0.717) is 19.3 Å². The van der Waals surface area contributed by atoms with Gasteiger partial charge in [-0.15, -0.1) is 0 Å². The Morgan fingerprint density at radius 2 is 0.456 bits per heavy atom. The van der Waals surface area contributed by atoms with Crippen molar-refractivity contribution in [1.29, 1.82) is 0 Å². The topological polar surface area (TPSA) is 78.9 Å². The highest BCUT2D eigenvalue weighted by Gasteiger charge is 2.19. The monoisotopic (exact) mass is 1110 g/mol. The number of hydrogen-bond acceptors (Lipinski definition) is 6. The Labute approximate surface area is 493 Å². The number of hydrogen-bond donors (Lipinski definition) is 0. The van der Waals surface area contributed by atoms with Gasteiger partial charge in [0.1, 0.15) is 13.2 Å². The third kappa shape index (κ3) is 66.6. The number of carbonyl (C=O) groups excluding carboxylic acids is 3. The smallest absolute Gasteiger partial charge is 0.306 e. The van der Waals surface area contributed by atoms with Gasteiger partial charge < -0.3 is 14.2 Å². The summed E-state index contributed by atoms with van der Waals surface area (Å²) in [6.07, 6.45) is 83.8. The second-order valence-corrected chi connectivity index (χ2v) is 24.5. The van der Waals surface area contributed by atoms with Gasteiger partial charge in [-0.3, -0.25) is 14.4 Å². The second-order valence-electron chi connectivity index (χ2n) is 24.5. The summed E-state index contributed by atoms with van der Waals surface area (Å²) >= 11 is 0. The van der Waals surface area contributed by atoms with E-state index in [1.807, 2.05) is 0 Å². The maximum atomic E-state index is 12.9. The minimum Gasteiger partial charge on any atom is -0.462 e. The standard InChI is InChI=1S/C73H138O6/c1-4-7-10-13-16-19-21-23-25-27-28-29-30-31-32-33-34-35-36-37-38-39-40-41-42-43-44-46-47-49-51-54-57-60-63-66-72(75)78-69-70(68-77-71(74)65-62-59-56-53-18-15-12-9-6-3)79-73(76)67-64-61-58-55-52-50-48-45-26-24-22-20-17-14-11-8-5-2/h21,23,27-28,70H,4-20,22,24-26,29-69H2,1-3H3/b23-21-,28-27-. The predicted molar refractivity (Wildman–Crippen MR) is 344 cm³/mol. The quantitative estimate of drug-likeness (QED) is 0.0261. The lowest BCUT2D eigenvalue weighted by atomic mass is 10.0. The number of unbranched alkanes of at least 4 members (excludes halogenated alkanes) is 52. The maximum absolute atomic E-state index is 12.9. The van der Waals surface area contributed by atoms with E-state index >= 15 is 0 Å². The summed E-state index contributed by atoms with van der Waals surface area (Å²) in [5.74, 6) is -0.834. The van der Waals surface area contributed by atoms with Crippen LogP contribution < -0.4 is 0 Å². The highest BCUT2D eigenvalue weighted by molar-refractivity contribution is 5.71. The van der Waals surface area contributed by atoms with Gasteiger partial charge in [-0.05, 0) is 51.4 Å². The van der Waals surface area contributed by atoms with Crippen LogP contribution in [0.5, 0.6) is 0 Å². The number of carbonyl (C=O) groups is 3. The summed E-state index contributed by atoms with van der Waals surface area (Å²) < 4.78 is 16.9. The van der Waals surface area contributed by atoms with Crippen molar-refractivity contribution in [3.63, 3.8) is 0 Å². The zero-order chi connectivity index (χ0) is 57.1. The molecule has 0 aromatic heterocycles. The van der Waals surface area contributed by atoms with Crippen molar-refractivity contribution in [2.45, 2.75) is 412 Å². The molecule has 79 heavy (non-hydrogen) atoms. The number of esters is 3. The predicted octanol–water partition coefficient (Wildman–Crippen LogP) is 24.6. The molecule has 0 aromatic rings. The maximum Gasteiger partial charge on any atom is 0.306 e. The first-order chi connectivity index (χ1) is 39.0. The van der Waals surface area contributed by atoms with E-state index in [1.165, 1.54) is 302 Å². The molecule has 0 aliphatic rings. The molecule has 0 amide bonds. The van der Waals surface area contributed by atoms with Crippen LogP contribution in [0.3, 0.4) is 0 Å². The van der Waals surface area contributed by atoms with Crippen molar-refractivity contribution in [3.8, 4) is 0 Å². The normalized spacial score (nSPS) is 12.1. The molecule has 0 bridgehead atoms. The molecule has 0 aliphatic carbocycles. The van der Waals surface area contributed by atoms with E-state index < -0.39 is 6.10 Å². The van der Waals surface area contributed by atoms with Crippen LogP contribution in [-0.2, 0) is 28.6 Å². The van der Waals surface area contributed by atoms with Crippen LogP contribution >= 0.6 is 0 Å². The van der Waals surface area contributed by atoms with Gasteiger partial charge in [0.15, 0.2) is 6.10 Å². The van der Waals surface area contributed by atoms with Gasteiger partial charge in [-0.2, -0.15) is 0 Å². The second kappa shape index (κ2) is 68.4. The Morgan fingerprint density at radius 1 is 0.253 bits per heavy atom. The van der Waals surface area contributed by atoms with Gasteiger partial charge in [-0.1, -0.05) is 360 Å². The van der Waals surface area contributed by atoms with Crippen LogP contribution in [0.4, 0.5) is 0 Å². The van der Waals surface area contributed by atoms with Crippen LogP contribution in [-0.4, -0.2) is 37.2 Å². The molecule has 0 saturated carbocycles. The van der Waals surface area contributed by atoms with Crippen LogP contribution in [0.15, 0.2) is 24.3 Å². The lowest BCUT2D eigenvalue weighted by molar-refractivity contribution is -0.167. The largest absolute Gasteiger partial charge is 0.462 e. The van der Waals surface area contributed by atoms with E-state index in [1.54, 1.807) is 0 Å². The Kier molecular flexibility index (Phi) is 66.6. The molecule has 0 saturated heterocycles. The van der Waals surface area contributed by atoms with E-state index in [2.05, 4.69) is 45.1 Å². The van der Waals surface area contributed by atoms with Crippen LogP contribution in [0, 0.1) is 0 Å². The first-order valence-corrected chi connectivity index (χ1v) is 35.8. The van der Waals surface area contributed by atoms with Crippen LogP contribution in [0.1, 0.15) is 406 Å². The zero-order valence-corrected chi connectivity index (χ0v) is 53.7. The summed E-state index contributed by atoms with van der Waals surface area (Å²) in [5.41, 5.74) is 0. The lowest BCUT2D eigenvalue weighted by Gasteiger charge is -2.18. The third-order valence-electron chi connectivity index (χ3n) is 16.5. The fourth-order valence-corrected chi connectivity index (χ4v) is 11.1. The van der Waals surface area contributed by atoms with Gasteiger partial charge in [0.2, 0.25) is 0 Å². The van der Waals surface area contributed by atoms with Crippen LogP contribution in [0.2, 0.25) is 0 Å². The van der Waals surface area contributed by atoms with Crippen molar-refractivity contribution in [3.05, 3.63) is 24.3 Å². The molecule has 6 heteroatoms. The molecule has 0 spiro atoms. The fraction of sp³-hybridized carbons (Fsp3) is 0.904. The SMILES string of the molecule is CCCCCCC/C=C\C/C=C\CCCCCCCCCCCCCCCCCCCCCCCCCC(=O)OCC(COC(=O)CCCCCCCCCCC)OC(=O)CCCCCCCCCCCCCCCCCCC. The van der Waals surface area contributed by atoms with Crippen LogP contribution in [0.25, 0.3) is 0 Å². The number of allylic oxidation sites excluding steroid dienone is 4. The molecule has 0 N–H and O–H groups in total. The molecular formula is C73H138O6. The Morgan fingerprint density at radius 3 is 0.696 bits per heavy atom. The van der Waals surface area contributed by atoms with Gasteiger partial charge in [-0.25, -0.2) is 0 Å². The van der Waals surface area contributed by atoms with Gasteiger partial charge >= 0.3 is 17.9 Å². The van der Waals surface area contributed by atoms with E-state index in [0.717, 1.165) is 64.2 Å². The molecule has 0 fully saturated rings. The van der Waals surface area contributed by atoms with Crippen molar-refractivity contribution >= 4 is 17.9 Å².